The number of ether oxygens (including phenoxy) is 2. The van der Waals surface area contributed by atoms with E-state index in [1.807, 2.05) is 12.1 Å². The highest BCUT2D eigenvalue weighted by atomic mass is 16.5. The van der Waals surface area contributed by atoms with Crippen molar-refractivity contribution in [3.63, 3.8) is 0 Å². The van der Waals surface area contributed by atoms with Crippen molar-refractivity contribution in [1.82, 2.24) is 0 Å². The molecule has 1 aliphatic rings. The number of carbonyl (C=O) groups excluding carboxylic acids is 1. The predicted molar refractivity (Wildman–Crippen MR) is 47.1 cm³/mol. The largest absolute Gasteiger partial charge is 0.496 e. The molecule has 1 aromatic carbocycles. The summed E-state index contributed by atoms with van der Waals surface area (Å²) in [5, 5.41) is 0. The van der Waals surface area contributed by atoms with Crippen molar-refractivity contribution in [2.45, 2.75) is 6.10 Å². The van der Waals surface area contributed by atoms with Crippen LogP contribution in [0.3, 0.4) is 0 Å². The molecule has 0 fully saturated rings. The van der Waals surface area contributed by atoms with Crippen LogP contribution in [0.4, 0.5) is 0 Å². The molecule has 1 aromatic rings. The Morgan fingerprint density at radius 3 is 2.69 bits per heavy atom. The van der Waals surface area contributed by atoms with E-state index in [-0.39, 0.29) is 11.9 Å². The number of hydrogen-bond acceptors (Lipinski definition) is 3. The third-order valence-corrected chi connectivity index (χ3v) is 2.28. The van der Waals surface area contributed by atoms with Crippen LogP contribution in [-0.4, -0.2) is 20.0 Å². The maximum Gasteiger partial charge on any atom is 0.200 e. The van der Waals surface area contributed by atoms with E-state index < -0.39 is 0 Å². The Bertz CT molecular complexity index is 357. The van der Waals surface area contributed by atoms with Crippen LogP contribution < -0.4 is 4.74 Å². The first-order chi connectivity index (χ1) is 6.29. The first-order valence-corrected chi connectivity index (χ1v) is 4.03. The zero-order valence-corrected chi connectivity index (χ0v) is 7.53. The van der Waals surface area contributed by atoms with Crippen molar-refractivity contribution in [2.75, 3.05) is 14.2 Å². The molecule has 1 unspecified atom stereocenters. The number of rotatable bonds is 2. The molecule has 68 valence electrons. The second-order valence-corrected chi connectivity index (χ2v) is 2.90. The number of hydrogen-bond donors (Lipinski definition) is 0. The monoisotopic (exact) mass is 178 g/mol. The van der Waals surface area contributed by atoms with Crippen LogP contribution in [0.2, 0.25) is 0 Å². The Morgan fingerprint density at radius 2 is 2.08 bits per heavy atom. The molecule has 0 spiro atoms. The van der Waals surface area contributed by atoms with Crippen LogP contribution in [0.15, 0.2) is 18.2 Å². The minimum Gasteiger partial charge on any atom is -0.496 e. The minimum absolute atomic E-state index is 0.00921. The molecule has 0 N–H and O–H groups in total. The molecule has 0 amide bonds. The van der Waals surface area contributed by atoms with Gasteiger partial charge in [0.1, 0.15) is 11.9 Å². The molecule has 0 saturated heterocycles. The van der Waals surface area contributed by atoms with E-state index in [2.05, 4.69) is 0 Å². The third kappa shape index (κ3) is 0.971. The van der Waals surface area contributed by atoms with Crippen LogP contribution in [-0.2, 0) is 4.74 Å². The molecule has 3 heteroatoms. The summed E-state index contributed by atoms with van der Waals surface area (Å²) in [7, 11) is 3.09. The molecule has 0 saturated carbocycles. The average Bonchev–Trinajstić information content (AvgIpc) is 2.17. The van der Waals surface area contributed by atoms with Crippen molar-refractivity contribution in [3.05, 3.63) is 29.3 Å². The maximum atomic E-state index is 11.5. The summed E-state index contributed by atoms with van der Waals surface area (Å²) in [6, 6.07) is 5.52. The number of ketones is 1. The quantitative estimate of drug-likeness (QED) is 0.689. The number of Topliss-reactive ketones (excluding diaryl/α,β-unsaturated/α-hetero) is 1. The van der Waals surface area contributed by atoms with Gasteiger partial charge in [-0.25, -0.2) is 0 Å². The fraction of sp³-hybridized carbons (Fsp3) is 0.300. The zero-order chi connectivity index (χ0) is 9.42. The minimum atomic E-state index is -0.384. The molecule has 3 nitrogen and oxygen atoms in total. The van der Waals surface area contributed by atoms with Gasteiger partial charge in [0.25, 0.3) is 0 Å². The average molecular weight is 178 g/mol. The number of benzene rings is 1. The Hall–Kier alpha value is -1.35. The summed E-state index contributed by atoms with van der Waals surface area (Å²) in [5.74, 6) is 0.644. The van der Waals surface area contributed by atoms with Gasteiger partial charge in [-0.05, 0) is 6.07 Å². The lowest BCUT2D eigenvalue weighted by molar-refractivity contribution is 0.0509. The summed E-state index contributed by atoms with van der Waals surface area (Å²) in [4.78, 5) is 11.5. The molecule has 0 aliphatic heterocycles. The Morgan fingerprint density at radius 1 is 1.31 bits per heavy atom. The van der Waals surface area contributed by atoms with Gasteiger partial charge in [-0.1, -0.05) is 12.1 Å². The highest BCUT2D eigenvalue weighted by Crippen LogP contribution is 2.40. The lowest BCUT2D eigenvalue weighted by atomic mass is 9.83. The van der Waals surface area contributed by atoms with Gasteiger partial charge in [-0.15, -0.1) is 0 Å². The standard InChI is InChI=1S/C10H10O3/c1-12-7-5-3-4-6-8(7)9(11)10(6)13-2/h3-5,10H,1-2H3. The second-order valence-electron chi connectivity index (χ2n) is 2.90. The number of carbonyl (C=O) groups is 1. The molecule has 0 radical (unpaired) electrons. The van der Waals surface area contributed by atoms with E-state index in [0.717, 1.165) is 5.56 Å². The lowest BCUT2D eigenvalue weighted by Gasteiger charge is -2.28. The maximum absolute atomic E-state index is 11.5. The van der Waals surface area contributed by atoms with Crippen molar-refractivity contribution >= 4 is 5.78 Å². The zero-order valence-electron chi connectivity index (χ0n) is 7.53. The third-order valence-electron chi connectivity index (χ3n) is 2.28. The highest BCUT2D eigenvalue weighted by molar-refractivity contribution is 6.11. The molecule has 13 heavy (non-hydrogen) atoms. The second kappa shape index (κ2) is 2.85. The van der Waals surface area contributed by atoms with Crippen molar-refractivity contribution in [2.24, 2.45) is 0 Å². The number of fused-ring (bicyclic) bond motifs is 1. The Kier molecular flexibility index (Phi) is 1.81. The van der Waals surface area contributed by atoms with E-state index in [1.54, 1.807) is 13.2 Å². The Balaban J connectivity index is 2.50. The van der Waals surface area contributed by atoms with Gasteiger partial charge in [0, 0.05) is 12.7 Å². The molecule has 0 heterocycles. The molecule has 0 bridgehead atoms. The highest BCUT2D eigenvalue weighted by Gasteiger charge is 2.38. The van der Waals surface area contributed by atoms with Crippen LogP contribution in [0.5, 0.6) is 5.75 Å². The van der Waals surface area contributed by atoms with E-state index in [4.69, 9.17) is 9.47 Å². The van der Waals surface area contributed by atoms with Gasteiger partial charge < -0.3 is 9.47 Å². The van der Waals surface area contributed by atoms with Gasteiger partial charge in [0.15, 0.2) is 5.78 Å². The van der Waals surface area contributed by atoms with E-state index >= 15 is 0 Å². The summed E-state index contributed by atoms with van der Waals surface area (Å²) in [6.07, 6.45) is -0.384. The van der Waals surface area contributed by atoms with Gasteiger partial charge >= 0.3 is 0 Å². The van der Waals surface area contributed by atoms with Crippen LogP contribution in [0, 0.1) is 0 Å². The fourth-order valence-electron chi connectivity index (χ4n) is 1.63. The summed E-state index contributed by atoms with van der Waals surface area (Å²) in [6.45, 7) is 0. The van der Waals surface area contributed by atoms with Crippen molar-refractivity contribution < 1.29 is 14.3 Å². The van der Waals surface area contributed by atoms with Crippen LogP contribution >= 0.6 is 0 Å². The molecular weight excluding hydrogens is 168 g/mol. The molecule has 2 rings (SSSR count). The molecule has 1 atom stereocenters. The molecule has 1 aliphatic carbocycles. The Labute approximate surface area is 76.3 Å². The lowest BCUT2D eigenvalue weighted by Crippen LogP contribution is -2.28. The summed E-state index contributed by atoms with van der Waals surface area (Å²) < 4.78 is 10.1. The first kappa shape index (κ1) is 8.26. The van der Waals surface area contributed by atoms with Gasteiger partial charge in [-0.2, -0.15) is 0 Å². The van der Waals surface area contributed by atoms with Crippen LogP contribution in [0.25, 0.3) is 0 Å². The van der Waals surface area contributed by atoms with Crippen LogP contribution in [0.1, 0.15) is 22.0 Å². The van der Waals surface area contributed by atoms with Crippen molar-refractivity contribution in [3.8, 4) is 5.75 Å². The summed E-state index contributed by atoms with van der Waals surface area (Å²) in [5.41, 5.74) is 1.59. The van der Waals surface area contributed by atoms with E-state index in [9.17, 15) is 4.79 Å². The van der Waals surface area contributed by atoms with E-state index in [0.29, 0.717) is 11.3 Å². The predicted octanol–water partition coefficient (Wildman–Crippen LogP) is 1.58. The van der Waals surface area contributed by atoms with E-state index in [1.165, 1.54) is 7.11 Å². The van der Waals surface area contributed by atoms with Crippen molar-refractivity contribution in [1.29, 1.82) is 0 Å². The topological polar surface area (TPSA) is 35.5 Å². The normalized spacial score (nSPS) is 19.2. The van der Waals surface area contributed by atoms with Gasteiger partial charge in [0.05, 0.1) is 12.7 Å². The van der Waals surface area contributed by atoms with Gasteiger partial charge in [0.2, 0.25) is 0 Å². The summed E-state index contributed by atoms with van der Waals surface area (Å²) >= 11 is 0. The van der Waals surface area contributed by atoms with Gasteiger partial charge in [-0.3, -0.25) is 4.79 Å². The molecular formula is C10H10O3. The molecule has 0 aromatic heterocycles. The first-order valence-electron chi connectivity index (χ1n) is 4.03. The SMILES string of the molecule is COc1cccc2c1C(=O)C2OC. The fourth-order valence-corrected chi connectivity index (χ4v) is 1.63. The number of methoxy groups -OCH3 is 2. The smallest absolute Gasteiger partial charge is 0.200 e.